The first-order chi connectivity index (χ1) is 8.15. The zero-order valence-corrected chi connectivity index (χ0v) is 11.5. The Bertz CT molecular complexity index is 423. The van der Waals surface area contributed by atoms with Crippen LogP contribution in [0.4, 0.5) is 0 Å². The Hall–Kier alpha value is -0.780. The molecule has 4 nitrogen and oxygen atoms in total. The van der Waals surface area contributed by atoms with Gasteiger partial charge in [-0.05, 0) is 36.0 Å². The molecule has 5 heteroatoms. The van der Waals surface area contributed by atoms with Crippen LogP contribution in [0, 0.1) is 6.92 Å². The van der Waals surface area contributed by atoms with Crippen LogP contribution in [-0.2, 0) is 0 Å². The van der Waals surface area contributed by atoms with Gasteiger partial charge in [-0.25, -0.2) is 0 Å². The Morgan fingerprint density at radius 2 is 2.18 bits per heavy atom. The van der Waals surface area contributed by atoms with Crippen molar-refractivity contribution in [1.82, 2.24) is 5.32 Å². The number of hydrogen-bond acceptors (Lipinski definition) is 4. The van der Waals surface area contributed by atoms with E-state index in [4.69, 9.17) is 9.47 Å². The highest BCUT2D eigenvalue weighted by Gasteiger charge is 2.22. The molecule has 0 bridgehead atoms. The number of likely N-dealkylation sites (N-methyl/N-ethyl adjacent to an activating group) is 1. The van der Waals surface area contributed by atoms with Gasteiger partial charge in [0.05, 0.1) is 6.10 Å². The molecule has 1 aromatic rings. The highest BCUT2D eigenvalue weighted by molar-refractivity contribution is 9.10. The van der Waals surface area contributed by atoms with E-state index in [1.54, 1.807) is 0 Å². The second-order valence-electron chi connectivity index (χ2n) is 4.00. The fourth-order valence-electron chi connectivity index (χ4n) is 1.90. The van der Waals surface area contributed by atoms with E-state index in [9.17, 15) is 5.11 Å². The fourth-order valence-corrected chi connectivity index (χ4v) is 2.46. The van der Waals surface area contributed by atoms with E-state index in [0.29, 0.717) is 25.5 Å². The minimum atomic E-state index is -0.566. The zero-order chi connectivity index (χ0) is 12.4. The zero-order valence-electron chi connectivity index (χ0n) is 9.92. The number of nitrogens with one attached hydrogen (secondary N) is 1. The van der Waals surface area contributed by atoms with Gasteiger partial charge < -0.3 is 19.9 Å². The largest absolute Gasteiger partial charge is 0.486 e. The van der Waals surface area contributed by atoms with Gasteiger partial charge >= 0.3 is 0 Å². The molecule has 0 radical (unpaired) electrons. The van der Waals surface area contributed by atoms with Crippen LogP contribution in [-0.4, -0.2) is 31.9 Å². The molecule has 0 fully saturated rings. The van der Waals surface area contributed by atoms with Crippen LogP contribution in [0.1, 0.15) is 17.2 Å². The number of halogens is 1. The molecule has 1 heterocycles. The van der Waals surface area contributed by atoms with Gasteiger partial charge in [0, 0.05) is 22.1 Å². The van der Waals surface area contributed by atoms with Crippen molar-refractivity contribution in [3.05, 3.63) is 21.7 Å². The molecular weight excluding hydrogens is 286 g/mol. The SMILES string of the molecule is CNCC(O)c1cc2c(c(C)c1Br)OCCO2. The van der Waals surface area contributed by atoms with Crippen molar-refractivity contribution in [1.29, 1.82) is 0 Å². The Morgan fingerprint density at radius 1 is 1.47 bits per heavy atom. The van der Waals surface area contributed by atoms with Crippen LogP contribution in [0.3, 0.4) is 0 Å². The third-order valence-corrected chi connectivity index (χ3v) is 3.83. The molecule has 94 valence electrons. The summed E-state index contributed by atoms with van der Waals surface area (Å²) in [5.41, 5.74) is 1.79. The second-order valence-corrected chi connectivity index (χ2v) is 4.80. The lowest BCUT2D eigenvalue weighted by Crippen LogP contribution is -2.20. The van der Waals surface area contributed by atoms with E-state index in [2.05, 4.69) is 21.2 Å². The van der Waals surface area contributed by atoms with Crippen molar-refractivity contribution >= 4 is 15.9 Å². The summed E-state index contributed by atoms with van der Waals surface area (Å²) in [6, 6.07) is 1.84. The van der Waals surface area contributed by atoms with Crippen molar-refractivity contribution in [2.24, 2.45) is 0 Å². The van der Waals surface area contributed by atoms with Gasteiger partial charge in [-0.2, -0.15) is 0 Å². The number of aliphatic hydroxyl groups excluding tert-OH is 1. The van der Waals surface area contributed by atoms with E-state index in [1.807, 2.05) is 20.0 Å². The van der Waals surface area contributed by atoms with Crippen molar-refractivity contribution < 1.29 is 14.6 Å². The van der Waals surface area contributed by atoms with E-state index in [-0.39, 0.29) is 0 Å². The standard InChI is InChI=1S/C12H16BrNO3/c1-7-11(13)8(9(15)6-14-2)5-10-12(7)17-4-3-16-10/h5,9,14-15H,3-4,6H2,1-2H3. The number of fused-ring (bicyclic) bond motifs is 1. The first-order valence-corrected chi connectivity index (χ1v) is 6.35. The summed E-state index contributed by atoms with van der Waals surface area (Å²) < 4.78 is 12.0. The molecule has 17 heavy (non-hydrogen) atoms. The minimum absolute atomic E-state index is 0.498. The van der Waals surface area contributed by atoms with Gasteiger partial charge in [-0.3, -0.25) is 0 Å². The van der Waals surface area contributed by atoms with Gasteiger partial charge in [-0.15, -0.1) is 0 Å². The molecule has 0 aromatic heterocycles. The summed E-state index contributed by atoms with van der Waals surface area (Å²) in [5.74, 6) is 1.48. The maximum Gasteiger partial charge on any atom is 0.165 e. The third kappa shape index (κ3) is 2.41. The Balaban J connectivity index is 2.43. The van der Waals surface area contributed by atoms with Gasteiger partial charge in [0.2, 0.25) is 0 Å². The van der Waals surface area contributed by atoms with Crippen LogP contribution in [0.2, 0.25) is 0 Å². The van der Waals surface area contributed by atoms with Gasteiger partial charge in [-0.1, -0.05) is 0 Å². The maximum atomic E-state index is 10.0. The summed E-state index contributed by atoms with van der Waals surface area (Å²) >= 11 is 3.51. The monoisotopic (exact) mass is 301 g/mol. The summed E-state index contributed by atoms with van der Waals surface area (Å²) in [6.07, 6.45) is -0.566. The van der Waals surface area contributed by atoms with E-state index in [0.717, 1.165) is 21.3 Å². The lowest BCUT2D eigenvalue weighted by atomic mass is 10.0. The van der Waals surface area contributed by atoms with Crippen molar-refractivity contribution in [3.8, 4) is 11.5 Å². The third-order valence-electron chi connectivity index (χ3n) is 2.78. The smallest absolute Gasteiger partial charge is 0.165 e. The van der Waals surface area contributed by atoms with Crippen molar-refractivity contribution in [2.45, 2.75) is 13.0 Å². The molecule has 1 unspecified atom stereocenters. The molecule has 1 aliphatic heterocycles. The summed E-state index contributed by atoms with van der Waals surface area (Å²) in [7, 11) is 1.81. The maximum absolute atomic E-state index is 10.0. The average molecular weight is 302 g/mol. The quantitative estimate of drug-likeness (QED) is 0.894. The predicted molar refractivity (Wildman–Crippen MR) is 68.8 cm³/mol. The Kier molecular flexibility index (Phi) is 3.91. The minimum Gasteiger partial charge on any atom is -0.486 e. The van der Waals surface area contributed by atoms with Crippen molar-refractivity contribution in [3.63, 3.8) is 0 Å². The number of benzene rings is 1. The highest BCUT2D eigenvalue weighted by Crippen LogP contribution is 2.41. The second kappa shape index (κ2) is 5.25. The van der Waals surface area contributed by atoms with Crippen LogP contribution in [0.15, 0.2) is 10.5 Å². The normalized spacial score (nSPS) is 15.8. The molecule has 1 atom stereocenters. The van der Waals surface area contributed by atoms with Gasteiger partial charge in [0.25, 0.3) is 0 Å². The number of ether oxygens (including phenoxy) is 2. The molecule has 2 N–H and O–H groups in total. The van der Waals surface area contributed by atoms with Gasteiger partial charge in [0.1, 0.15) is 13.2 Å². The molecule has 0 amide bonds. The number of aliphatic hydroxyl groups is 1. The molecule has 0 saturated heterocycles. The Morgan fingerprint density at radius 3 is 2.88 bits per heavy atom. The number of hydrogen-bond donors (Lipinski definition) is 2. The summed E-state index contributed by atoms with van der Waals surface area (Å²) in [5, 5.41) is 13.0. The lowest BCUT2D eigenvalue weighted by molar-refractivity contribution is 0.162. The first kappa shape index (κ1) is 12.7. The molecule has 0 spiro atoms. The average Bonchev–Trinajstić information content (AvgIpc) is 2.34. The van der Waals surface area contributed by atoms with Gasteiger partial charge in [0.15, 0.2) is 11.5 Å². The van der Waals surface area contributed by atoms with Crippen LogP contribution in [0.25, 0.3) is 0 Å². The molecule has 1 aromatic carbocycles. The summed E-state index contributed by atoms with van der Waals surface area (Å²) in [4.78, 5) is 0. The van der Waals surface area contributed by atoms with E-state index >= 15 is 0 Å². The topological polar surface area (TPSA) is 50.7 Å². The predicted octanol–water partition coefficient (Wildman–Crippen LogP) is 1.78. The van der Waals surface area contributed by atoms with E-state index in [1.165, 1.54) is 0 Å². The molecule has 1 aliphatic rings. The summed E-state index contributed by atoms with van der Waals surface area (Å²) in [6.45, 7) is 3.57. The lowest BCUT2D eigenvalue weighted by Gasteiger charge is -2.24. The molecule has 0 saturated carbocycles. The molecule has 0 aliphatic carbocycles. The molecular formula is C12H16BrNO3. The Labute approximate surface area is 109 Å². The number of rotatable bonds is 3. The van der Waals surface area contributed by atoms with Crippen LogP contribution in [0.5, 0.6) is 11.5 Å². The fraction of sp³-hybridized carbons (Fsp3) is 0.500. The van der Waals surface area contributed by atoms with E-state index < -0.39 is 6.10 Å². The van der Waals surface area contributed by atoms with Crippen LogP contribution >= 0.6 is 15.9 Å². The molecule has 2 rings (SSSR count). The highest BCUT2D eigenvalue weighted by atomic mass is 79.9. The van der Waals surface area contributed by atoms with Crippen molar-refractivity contribution in [2.75, 3.05) is 26.8 Å². The van der Waals surface area contributed by atoms with Crippen LogP contribution < -0.4 is 14.8 Å². The first-order valence-electron chi connectivity index (χ1n) is 5.56.